The largest absolute Gasteiger partial charge is 0.394 e. The monoisotopic (exact) mass is 928 g/mol. The first-order valence-corrected chi connectivity index (χ1v) is 27.6. The fourth-order valence-corrected chi connectivity index (χ4v) is 9.03. The van der Waals surface area contributed by atoms with E-state index in [9.17, 15) is 40.5 Å². The van der Waals surface area contributed by atoms with Gasteiger partial charge < -0.3 is 50.5 Å². The van der Waals surface area contributed by atoms with E-state index in [1.54, 1.807) is 0 Å². The Bertz CT molecular complexity index is 1060. The van der Waals surface area contributed by atoms with Gasteiger partial charge in [-0.15, -0.1) is 0 Å². The smallest absolute Gasteiger partial charge is 0.249 e. The zero-order chi connectivity index (χ0) is 47.6. The summed E-state index contributed by atoms with van der Waals surface area (Å²) in [5.74, 6) is -0.703. The number of nitrogens with one attached hydrogen (secondary N) is 1. The molecule has 1 aliphatic heterocycles. The van der Waals surface area contributed by atoms with Gasteiger partial charge in [-0.2, -0.15) is 0 Å². The van der Waals surface area contributed by atoms with Gasteiger partial charge in [-0.25, -0.2) is 0 Å². The first-order valence-electron chi connectivity index (χ1n) is 27.6. The molecule has 1 rings (SSSR count). The number of ether oxygens (including phenoxy) is 2. The molecule has 1 heterocycles. The van der Waals surface area contributed by atoms with Gasteiger partial charge in [-0.1, -0.05) is 231 Å². The molecule has 9 atom stereocenters. The van der Waals surface area contributed by atoms with Crippen molar-refractivity contribution in [2.75, 3.05) is 13.2 Å². The highest BCUT2D eigenvalue weighted by molar-refractivity contribution is 5.80. The van der Waals surface area contributed by atoms with Gasteiger partial charge in [0.05, 0.1) is 25.4 Å². The molecule has 0 saturated carbocycles. The van der Waals surface area contributed by atoms with Crippen LogP contribution in [0.15, 0.2) is 12.2 Å². The van der Waals surface area contributed by atoms with Gasteiger partial charge in [0.2, 0.25) is 5.91 Å². The van der Waals surface area contributed by atoms with E-state index in [4.69, 9.17) is 9.47 Å². The Morgan fingerprint density at radius 2 is 0.908 bits per heavy atom. The lowest BCUT2D eigenvalue weighted by Crippen LogP contribution is -2.60. The lowest BCUT2D eigenvalue weighted by atomic mass is 9.98. The minimum atomic E-state index is -1.66. The molecule has 0 aliphatic carbocycles. The van der Waals surface area contributed by atoms with Crippen LogP contribution in [0.2, 0.25) is 0 Å². The average molecular weight is 928 g/mol. The van der Waals surface area contributed by atoms with Gasteiger partial charge >= 0.3 is 0 Å². The van der Waals surface area contributed by atoms with E-state index in [-0.39, 0.29) is 12.8 Å². The number of carbonyl (C=O) groups is 1. The van der Waals surface area contributed by atoms with Crippen LogP contribution in [-0.4, -0.2) is 110 Å². The van der Waals surface area contributed by atoms with E-state index < -0.39 is 74.2 Å². The summed E-state index contributed by atoms with van der Waals surface area (Å²) >= 11 is 0. The standard InChI is InChI=1S/C54H105NO10/c1-3-5-7-9-11-13-15-16-17-18-19-20-21-22-23-24-25-26-27-28-29-30-31-32-34-36-38-40-42-47(58)53(63)55-45(44-64-54-52(62)51(61)50(60)48(43-56)65-54)49(59)46(57)41-39-37-35-33-14-12-10-8-6-4-2/h33,35,45-52,54,56-62H,3-32,34,36-44H2,1-2H3,(H,55,63)/b35-33+. The molecule has 0 aromatic rings. The number of aliphatic hydroxyl groups is 7. The Labute approximate surface area is 398 Å². The SMILES string of the molecule is CCCCCCC/C=C/CCCC(O)C(O)C(COC1OC(CO)C(O)C(O)C1O)NC(=O)C(O)CCCCCCCCCCCCCCCCCCCCCCCCCCCCCC. The maximum Gasteiger partial charge on any atom is 0.249 e. The molecule has 0 aromatic heterocycles. The number of carbonyl (C=O) groups excluding carboxylic acids is 1. The number of allylic oxidation sites excluding steroid dienone is 2. The zero-order valence-corrected chi connectivity index (χ0v) is 42.0. The normalized spacial score (nSPS) is 20.9. The molecule has 0 bridgehead atoms. The zero-order valence-electron chi connectivity index (χ0n) is 42.0. The van der Waals surface area contributed by atoms with Crippen LogP contribution >= 0.6 is 0 Å². The van der Waals surface area contributed by atoms with Gasteiger partial charge in [0.1, 0.15) is 36.6 Å². The molecule has 1 saturated heterocycles. The topological polar surface area (TPSA) is 189 Å². The van der Waals surface area contributed by atoms with Gasteiger partial charge in [0, 0.05) is 0 Å². The minimum Gasteiger partial charge on any atom is -0.394 e. The van der Waals surface area contributed by atoms with Crippen LogP contribution in [-0.2, 0) is 14.3 Å². The lowest BCUT2D eigenvalue weighted by molar-refractivity contribution is -0.303. The van der Waals surface area contributed by atoms with Crippen LogP contribution in [0.5, 0.6) is 0 Å². The van der Waals surface area contributed by atoms with Crippen LogP contribution in [0.25, 0.3) is 0 Å². The quantitative estimate of drug-likeness (QED) is 0.0215. The number of rotatable bonds is 47. The Morgan fingerprint density at radius 3 is 1.32 bits per heavy atom. The van der Waals surface area contributed by atoms with E-state index in [0.29, 0.717) is 12.8 Å². The molecular formula is C54H105NO10. The summed E-state index contributed by atoms with van der Waals surface area (Å²) in [7, 11) is 0. The minimum absolute atomic E-state index is 0.259. The number of unbranched alkanes of at least 4 members (excludes halogenated alkanes) is 33. The summed E-state index contributed by atoms with van der Waals surface area (Å²) in [6, 6.07) is -1.18. The Balaban J connectivity index is 2.21. The van der Waals surface area contributed by atoms with Crippen molar-refractivity contribution in [3.05, 3.63) is 12.2 Å². The highest BCUT2D eigenvalue weighted by atomic mass is 16.7. The second kappa shape index (κ2) is 44.1. The van der Waals surface area contributed by atoms with Crippen LogP contribution in [0.1, 0.15) is 258 Å². The summed E-state index contributed by atoms with van der Waals surface area (Å²) in [6.07, 6.45) is 38.7. The Hall–Kier alpha value is -1.15. The Morgan fingerprint density at radius 1 is 0.523 bits per heavy atom. The molecule has 11 heteroatoms. The van der Waals surface area contributed by atoms with E-state index in [1.807, 2.05) is 0 Å². The predicted octanol–water partition coefficient (Wildman–Crippen LogP) is 10.8. The average Bonchev–Trinajstić information content (AvgIpc) is 3.31. The third-order valence-corrected chi connectivity index (χ3v) is 13.6. The van der Waals surface area contributed by atoms with Gasteiger partial charge in [-0.05, 0) is 38.5 Å². The second-order valence-electron chi connectivity index (χ2n) is 19.7. The summed E-state index contributed by atoms with van der Waals surface area (Å²) < 4.78 is 11.1. The molecule has 0 spiro atoms. The maximum absolute atomic E-state index is 13.1. The van der Waals surface area contributed by atoms with E-state index in [0.717, 1.165) is 38.5 Å². The van der Waals surface area contributed by atoms with E-state index in [1.165, 1.54) is 180 Å². The molecule has 1 aliphatic rings. The first-order chi connectivity index (χ1) is 31.7. The van der Waals surface area contributed by atoms with Crippen LogP contribution in [0.3, 0.4) is 0 Å². The molecule has 65 heavy (non-hydrogen) atoms. The third kappa shape index (κ3) is 33.1. The lowest BCUT2D eigenvalue weighted by Gasteiger charge is -2.40. The molecular weight excluding hydrogens is 823 g/mol. The summed E-state index contributed by atoms with van der Waals surface area (Å²) in [4.78, 5) is 13.1. The van der Waals surface area contributed by atoms with Crippen LogP contribution in [0.4, 0.5) is 0 Å². The molecule has 0 aromatic carbocycles. The fraction of sp³-hybridized carbons (Fsp3) is 0.944. The molecule has 1 fully saturated rings. The van der Waals surface area contributed by atoms with E-state index in [2.05, 4.69) is 31.3 Å². The molecule has 1 amide bonds. The summed E-state index contributed by atoms with van der Waals surface area (Å²) in [5.41, 5.74) is 0. The summed E-state index contributed by atoms with van der Waals surface area (Å²) in [6.45, 7) is 3.42. The molecule has 0 radical (unpaired) electrons. The van der Waals surface area contributed by atoms with E-state index >= 15 is 0 Å². The molecule has 11 nitrogen and oxygen atoms in total. The first kappa shape index (κ1) is 61.9. The van der Waals surface area contributed by atoms with Crippen LogP contribution < -0.4 is 5.32 Å². The van der Waals surface area contributed by atoms with Crippen molar-refractivity contribution < 1.29 is 50.0 Å². The number of aliphatic hydroxyl groups excluding tert-OH is 7. The number of hydrogen-bond acceptors (Lipinski definition) is 10. The van der Waals surface area contributed by atoms with Crippen molar-refractivity contribution in [3.63, 3.8) is 0 Å². The fourth-order valence-electron chi connectivity index (χ4n) is 9.03. The van der Waals surface area contributed by atoms with Crippen molar-refractivity contribution >= 4 is 5.91 Å². The highest BCUT2D eigenvalue weighted by Crippen LogP contribution is 2.23. The second-order valence-corrected chi connectivity index (χ2v) is 19.7. The van der Waals surface area contributed by atoms with Gasteiger partial charge in [0.15, 0.2) is 6.29 Å². The van der Waals surface area contributed by atoms with Crippen molar-refractivity contribution in [2.24, 2.45) is 0 Å². The molecule has 9 unspecified atom stereocenters. The maximum atomic E-state index is 13.1. The van der Waals surface area contributed by atoms with Gasteiger partial charge in [-0.3, -0.25) is 4.79 Å². The van der Waals surface area contributed by atoms with Crippen LogP contribution in [0, 0.1) is 0 Å². The summed E-state index contributed by atoms with van der Waals surface area (Å²) in [5, 5.41) is 75.7. The number of hydrogen-bond donors (Lipinski definition) is 8. The van der Waals surface area contributed by atoms with Crippen molar-refractivity contribution in [1.82, 2.24) is 5.32 Å². The molecule has 8 N–H and O–H groups in total. The molecule has 386 valence electrons. The van der Waals surface area contributed by atoms with Crippen molar-refractivity contribution in [3.8, 4) is 0 Å². The van der Waals surface area contributed by atoms with Crippen molar-refractivity contribution in [2.45, 2.75) is 313 Å². The predicted molar refractivity (Wildman–Crippen MR) is 266 cm³/mol. The van der Waals surface area contributed by atoms with Gasteiger partial charge in [0.25, 0.3) is 0 Å². The highest BCUT2D eigenvalue weighted by Gasteiger charge is 2.44. The van der Waals surface area contributed by atoms with Crippen molar-refractivity contribution in [1.29, 1.82) is 0 Å². The third-order valence-electron chi connectivity index (χ3n) is 13.6. The number of amides is 1. The Kier molecular flexibility index (Phi) is 42.0.